The molecule has 18 heavy (non-hydrogen) atoms. The second-order valence-electron chi connectivity index (χ2n) is 4.75. The van der Waals surface area contributed by atoms with Gasteiger partial charge in [0, 0.05) is 31.9 Å². The molecule has 1 aliphatic carbocycles. The van der Waals surface area contributed by atoms with Crippen molar-refractivity contribution >= 4 is 23.1 Å². The van der Waals surface area contributed by atoms with Crippen LogP contribution in [0.2, 0.25) is 0 Å². The molecule has 1 aromatic rings. The van der Waals surface area contributed by atoms with Crippen LogP contribution in [0.25, 0.3) is 0 Å². The maximum absolute atomic E-state index is 12.1. The highest BCUT2D eigenvalue weighted by atomic mass is 32.1. The zero-order valence-electron chi connectivity index (χ0n) is 10.5. The zero-order chi connectivity index (χ0) is 13.2. The second kappa shape index (κ2) is 5.06. The lowest BCUT2D eigenvalue weighted by Crippen LogP contribution is -2.53. The van der Waals surface area contributed by atoms with Gasteiger partial charge in [0.15, 0.2) is 0 Å². The Balaban J connectivity index is 1.85. The first-order chi connectivity index (χ1) is 8.56. The molecule has 0 saturated heterocycles. The molecule has 0 bridgehead atoms. The van der Waals surface area contributed by atoms with Crippen LogP contribution in [0.15, 0.2) is 12.3 Å². The van der Waals surface area contributed by atoms with Gasteiger partial charge in [-0.25, -0.2) is 0 Å². The molecule has 6 heteroatoms. The lowest BCUT2D eigenvalue weighted by Gasteiger charge is -2.39. The fourth-order valence-electron chi connectivity index (χ4n) is 2.24. The first kappa shape index (κ1) is 13.0. The van der Waals surface area contributed by atoms with Crippen LogP contribution in [0.3, 0.4) is 0 Å². The second-order valence-corrected chi connectivity index (χ2v) is 5.19. The fourth-order valence-corrected chi connectivity index (χ4v) is 2.53. The van der Waals surface area contributed by atoms with Gasteiger partial charge >= 0.3 is 0 Å². The number of rotatable bonds is 5. The molecular weight excluding hydrogens is 248 g/mol. The van der Waals surface area contributed by atoms with Crippen molar-refractivity contribution in [3.05, 3.63) is 18.0 Å². The number of hydrogen-bond acceptors (Lipinski definition) is 3. The van der Waals surface area contributed by atoms with Gasteiger partial charge in [-0.15, -0.1) is 0 Å². The average molecular weight is 266 g/mol. The Morgan fingerprint density at radius 3 is 2.83 bits per heavy atom. The summed E-state index contributed by atoms with van der Waals surface area (Å²) in [5.41, 5.74) is 6.19. The molecule has 1 fully saturated rings. The summed E-state index contributed by atoms with van der Waals surface area (Å²) < 4.78 is 1.80. The van der Waals surface area contributed by atoms with Gasteiger partial charge in [-0.2, -0.15) is 5.10 Å². The minimum Gasteiger partial charge on any atom is -0.392 e. The van der Waals surface area contributed by atoms with Crippen molar-refractivity contribution in [2.24, 2.45) is 18.2 Å². The molecule has 0 radical (unpaired) electrons. The largest absolute Gasteiger partial charge is 0.392 e. The highest BCUT2D eigenvalue weighted by Gasteiger charge is 2.46. The number of amides is 1. The third-order valence-electron chi connectivity index (χ3n) is 3.70. The first-order valence-corrected chi connectivity index (χ1v) is 6.52. The molecule has 5 nitrogen and oxygen atoms in total. The summed E-state index contributed by atoms with van der Waals surface area (Å²) in [6.07, 6.45) is 5.08. The van der Waals surface area contributed by atoms with Crippen molar-refractivity contribution in [1.29, 1.82) is 0 Å². The molecule has 1 aliphatic rings. The third-order valence-corrected chi connectivity index (χ3v) is 4.09. The van der Waals surface area contributed by atoms with Crippen LogP contribution >= 0.6 is 12.2 Å². The summed E-state index contributed by atoms with van der Waals surface area (Å²) in [6, 6.07) is 1.94. The summed E-state index contributed by atoms with van der Waals surface area (Å²) >= 11 is 5.01. The smallest absolute Gasteiger partial charge is 0.233 e. The molecular formula is C12H18N4OS. The third kappa shape index (κ3) is 2.25. The summed E-state index contributed by atoms with van der Waals surface area (Å²) in [5, 5.41) is 7.01. The van der Waals surface area contributed by atoms with Crippen LogP contribution < -0.4 is 11.1 Å². The molecule has 98 valence electrons. The van der Waals surface area contributed by atoms with Gasteiger partial charge < -0.3 is 11.1 Å². The Morgan fingerprint density at radius 2 is 2.39 bits per heavy atom. The highest BCUT2D eigenvalue weighted by molar-refractivity contribution is 7.80. The summed E-state index contributed by atoms with van der Waals surface area (Å²) in [5.74, 6) is -0.0246. The van der Waals surface area contributed by atoms with Crippen LogP contribution in [-0.4, -0.2) is 27.2 Å². The number of carbonyl (C=O) groups excluding carboxylic acids is 1. The van der Waals surface area contributed by atoms with Gasteiger partial charge in [-0.3, -0.25) is 9.48 Å². The van der Waals surface area contributed by atoms with E-state index in [-0.39, 0.29) is 5.91 Å². The maximum atomic E-state index is 12.1. The van der Waals surface area contributed by atoms with Gasteiger partial charge in [0.2, 0.25) is 5.91 Å². The van der Waals surface area contributed by atoms with Gasteiger partial charge in [0.1, 0.15) is 0 Å². The summed E-state index contributed by atoms with van der Waals surface area (Å²) in [7, 11) is 1.89. The van der Waals surface area contributed by atoms with Gasteiger partial charge in [0.05, 0.1) is 10.4 Å². The van der Waals surface area contributed by atoms with Crippen LogP contribution in [-0.2, 0) is 18.3 Å². The average Bonchev–Trinajstić information content (AvgIpc) is 2.62. The Labute approximate surface area is 112 Å². The number of thiocarbonyl (C=S) groups is 1. The predicted octanol–water partition coefficient (Wildman–Crippen LogP) is 0.535. The van der Waals surface area contributed by atoms with E-state index in [0.29, 0.717) is 11.5 Å². The number of nitrogens with one attached hydrogen (secondary N) is 1. The Morgan fingerprint density at radius 1 is 1.67 bits per heavy atom. The van der Waals surface area contributed by atoms with Crippen LogP contribution in [0.4, 0.5) is 0 Å². The molecule has 0 aliphatic heterocycles. The molecule has 3 N–H and O–H groups in total. The van der Waals surface area contributed by atoms with E-state index in [1.54, 1.807) is 10.9 Å². The molecule has 1 heterocycles. The SMILES string of the molecule is Cn1nccc1CCNC(=O)C1(C(N)=S)CCC1. The molecule has 0 unspecified atom stereocenters. The Bertz CT molecular complexity index is 464. The lowest BCUT2D eigenvalue weighted by atomic mass is 9.68. The van der Waals surface area contributed by atoms with Crippen molar-refractivity contribution in [2.75, 3.05) is 6.54 Å². The number of nitrogens with zero attached hydrogens (tertiary/aromatic N) is 2. The normalized spacial score (nSPS) is 16.9. The van der Waals surface area contributed by atoms with Gasteiger partial charge in [-0.1, -0.05) is 18.6 Å². The zero-order valence-corrected chi connectivity index (χ0v) is 11.3. The lowest BCUT2D eigenvalue weighted by molar-refractivity contribution is -0.130. The minimum atomic E-state index is -0.582. The Hall–Kier alpha value is -1.43. The fraction of sp³-hybridized carbons (Fsp3) is 0.583. The van der Waals surface area contributed by atoms with Crippen LogP contribution in [0.1, 0.15) is 25.0 Å². The molecule has 1 saturated carbocycles. The molecule has 2 rings (SSSR count). The standard InChI is InChI=1S/C12H18N4OS/c1-16-9(4-8-15-16)3-7-14-11(17)12(10(13)18)5-2-6-12/h4,8H,2-3,5-7H2,1H3,(H2,13,18)(H,14,17). The predicted molar refractivity (Wildman–Crippen MR) is 73.0 cm³/mol. The molecule has 0 aromatic carbocycles. The van der Waals surface area contributed by atoms with Gasteiger partial charge in [0.25, 0.3) is 0 Å². The van der Waals surface area contributed by atoms with E-state index in [1.807, 2.05) is 13.1 Å². The van der Waals surface area contributed by atoms with Crippen molar-refractivity contribution in [3.8, 4) is 0 Å². The monoisotopic (exact) mass is 266 g/mol. The van der Waals surface area contributed by atoms with E-state index in [9.17, 15) is 4.79 Å². The van der Waals surface area contributed by atoms with Crippen molar-refractivity contribution in [3.63, 3.8) is 0 Å². The number of aryl methyl sites for hydroxylation is 1. The van der Waals surface area contributed by atoms with Crippen LogP contribution in [0, 0.1) is 5.41 Å². The molecule has 1 aromatic heterocycles. The number of hydrogen-bond donors (Lipinski definition) is 2. The quantitative estimate of drug-likeness (QED) is 0.763. The minimum absolute atomic E-state index is 0.0246. The van der Waals surface area contributed by atoms with Crippen molar-refractivity contribution < 1.29 is 4.79 Å². The van der Waals surface area contributed by atoms with Crippen molar-refractivity contribution in [2.45, 2.75) is 25.7 Å². The number of carbonyl (C=O) groups is 1. The molecule has 0 atom stereocenters. The van der Waals surface area contributed by atoms with E-state index < -0.39 is 5.41 Å². The molecule has 0 spiro atoms. The van der Waals surface area contributed by atoms with E-state index in [0.717, 1.165) is 31.4 Å². The Kier molecular flexibility index (Phi) is 3.65. The number of nitrogens with two attached hydrogens (primary N) is 1. The van der Waals surface area contributed by atoms with Crippen LogP contribution in [0.5, 0.6) is 0 Å². The summed E-state index contributed by atoms with van der Waals surface area (Å²) in [4.78, 5) is 12.4. The van der Waals surface area contributed by atoms with E-state index in [4.69, 9.17) is 18.0 Å². The van der Waals surface area contributed by atoms with E-state index >= 15 is 0 Å². The van der Waals surface area contributed by atoms with E-state index in [1.165, 1.54) is 0 Å². The number of aromatic nitrogens is 2. The summed E-state index contributed by atoms with van der Waals surface area (Å²) in [6.45, 7) is 0.586. The highest BCUT2D eigenvalue weighted by Crippen LogP contribution is 2.41. The topological polar surface area (TPSA) is 72.9 Å². The van der Waals surface area contributed by atoms with E-state index in [2.05, 4.69) is 10.4 Å². The van der Waals surface area contributed by atoms with Gasteiger partial charge in [-0.05, 0) is 18.9 Å². The first-order valence-electron chi connectivity index (χ1n) is 6.11. The van der Waals surface area contributed by atoms with Crippen molar-refractivity contribution in [1.82, 2.24) is 15.1 Å². The maximum Gasteiger partial charge on any atom is 0.233 e. The molecule has 1 amide bonds.